The lowest BCUT2D eigenvalue weighted by Gasteiger charge is -2.50. The van der Waals surface area contributed by atoms with Crippen LogP contribution in [0, 0.1) is 0 Å². The Labute approximate surface area is 205 Å². The first kappa shape index (κ1) is 27.6. The number of ether oxygens (including phenoxy) is 2. The van der Waals surface area contributed by atoms with E-state index in [9.17, 15) is 19.2 Å². The van der Waals surface area contributed by atoms with Gasteiger partial charge in [0.1, 0.15) is 29.3 Å². The molecule has 190 valence electrons. The average molecular weight is 510 g/mol. The van der Waals surface area contributed by atoms with Crippen LogP contribution in [0.25, 0.3) is 20.9 Å². The monoisotopic (exact) mass is 509 g/mol. The average Bonchev–Trinajstić information content (AvgIpc) is 2.78. The molecule has 2 heterocycles. The van der Waals surface area contributed by atoms with Crippen molar-refractivity contribution in [3.63, 3.8) is 0 Å². The Morgan fingerprint density at radius 3 is 2.31 bits per heavy atom. The summed E-state index contributed by atoms with van der Waals surface area (Å²) in [6.07, 6.45) is -0.760. The normalized spacial score (nSPS) is 18.9. The van der Waals surface area contributed by atoms with Gasteiger partial charge in [-0.3, -0.25) is 19.3 Å². The van der Waals surface area contributed by atoms with Crippen LogP contribution in [0.2, 0.25) is 0 Å². The summed E-state index contributed by atoms with van der Waals surface area (Å²) >= 11 is 1.30. The van der Waals surface area contributed by atoms with Crippen molar-refractivity contribution in [2.45, 2.75) is 44.7 Å². The summed E-state index contributed by atoms with van der Waals surface area (Å²) in [7, 11) is 0. The highest BCUT2D eigenvalue weighted by Crippen LogP contribution is 2.41. The molecule has 1 fully saturated rings. The number of azide groups is 2. The largest absolute Gasteiger partial charge is 0.461 e. The van der Waals surface area contributed by atoms with E-state index in [-0.39, 0.29) is 44.2 Å². The molecule has 2 aliphatic rings. The number of fused-ring (bicyclic) bond motifs is 1. The van der Waals surface area contributed by atoms with Gasteiger partial charge in [0.05, 0.1) is 0 Å². The van der Waals surface area contributed by atoms with Gasteiger partial charge in [0.25, 0.3) is 11.8 Å². The summed E-state index contributed by atoms with van der Waals surface area (Å²) in [6, 6.07) is -0.909. The van der Waals surface area contributed by atoms with E-state index in [1.165, 1.54) is 28.5 Å². The van der Waals surface area contributed by atoms with E-state index in [0.717, 1.165) is 0 Å². The molecule has 1 N–H and O–H groups in total. The Kier molecular flexibility index (Phi) is 9.63. The number of hydrogen-bond acceptors (Lipinski definition) is 9. The number of nitrogens with one attached hydrogen (secondary N) is 1. The maximum atomic E-state index is 13.5. The third-order valence-electron chi connectivity index (χ3n) is 4.73. The highest BCUT2D eigenvalue weighted by atomic mass is 32.2. The lowest BCUT2D eigenvalue weighted by Crippen LogP contribution is -2.71. The van der Waals surface area contributed by atoms with Crippen LogP contribution in [-0.2, 0) is 23.9 Å². The van der Waals surface area contributed by atoms with Crippen molar-refractivity contribution in [2.75, 3.05) is 38.5 Å². The maximum absolute atomic E-state index is 13.5. The van der Waals surface area contributed by atoms with Gasteiger partial charge in [0.2, 0.25) is 0 Å². The molecule has 0 radical (unpaired) electrons. The first-order valence-corrected chi connectivity index (χ1v) is 11.7. The van der Waals surface area contributed by atoms with Gasteiger partial charge in [0, 0.05) is 54.3 Å². The fourth-order valence-corrected chi connectivity index (χ4v) is 4.63. The van der Waals surface area contributed by atoms with Gasteiger partial charge in [0.15, 0.2) is 0 Å². The number of carbonyl (C=O) groups is 4. The van der Waals surface area contributed by atoms with Crippen molar-refractivity contribution in [2.24, 2.45) is 10.2 Å². The van der Waals surface area contributed by atoms with Gasteiger partial charge in [-0.2, -0.15) is 0 Å². The topological polar surface area (TPSA) is 203 Å². The summed E-state index contributed by atoms with van der Waals surface area (Å²) in [6.45, 7) is 6.03. The van der Waals surface area contributed by atoms with Crippen LogP contribution in [0.1, 0.15) is 27.7 Å². The molecular weight excluding hydrogens is 482 g/mol. The molecule has 0 saturated carbocycles. The Balaban J connectivity index is 2.32. The quantitative estimate of drug-likeness (QED) is 0.152. The second kappa shape index (κ2) is 12.2. The molecule has 0 spiro atoms. The molecule has 0 aromatic carbocycles. The highest BCUT2D eigenvalue weighted by molar-refractivity contribution is 8.00. The van der Waals surface area contributed by atoms with Crippen LogP contribution < -0.4 is 5.32 Å². The highest BCUT2D eigenvalue weighted by Gasteiger charge is 2.54. The third kappa shape index (κ3) is 7.44. The smallest absolute Gasteiger partial charge is 0.408 e. The molecule has 2 aliphatic heterocycles. The van der Waals surface area contributed by atoms with Crippen LogP contribution in [0.4, 0.5) is 4.79 Å². The SMILES string of the molecule is CC(=O)OCC1=C(C(=O)N(CCN=[N+]=[N-])CCN=[N+]=[N-])N2C(=O)[C@@H](NC(=O)OC(C)(C)C)[C@H]2SC1. The first-order chi connectivity index (χ1) is 16.5. The minimum atomic E-state index is -0.909. The van der Waals surface area contributed by atoms with E-state index < -0.39 is 40.9 Å². The van der Waals surface area contributed by atoms with Crippen LogP contribution >= 0.6 is 11.8 Å². The molecule has 1 saturated heterocycles. The number of alkyl carbamates (subject to hydrolysis) is 1. The van der Waals surface area contributed by atoms with Crippen molar-refractivity contribution < 1.29 is 28.7 Å². The molecule has 3 amide bonds. The van der Waals surface area contributed by atoms with Crippen LogP contribution in [0.5, 0.6) is 0 Å². The number of thioether (sulfide) groups is 1. The van der Waals surface area contributed by atoms with Crippen LogP contribution in [0.3, 0.4) is 0 Å². The predicted molar refractivity (Wildman–Crippen MR) is 125 cm³/mol. The molecule has 15 nitrogen and oxygen atoms in total. The predicted octanol–water partition coefficient (Wildman–Crippen LogP) is 2.06. The minimum absolute atomic E-state index is 0.00755. The van der Waals surface area contributed by atoms with Gasteiger partial charge in [-0.25, -0.2) is 4.79 Å². The van der Waals surface area contributed by atoms with E-state index in [0.29, 0.717) is 5.57 Å². The number of nitrogens with zero attached hydrogens (tertiary/aromatic N) is 8. The Morgan fingerprint density at radius 2 is 1.80 bits per heavy atom. The van der Waals surface area contributed by atoms with Gasteiger partial charge >= 0.3 is 12.1 Å². The zero-order valence-electron chi connectivity index (χ0n) is 19.8. The van der Waals surface area contributed by atoms with Crippen LogP contribution in [-0.4, -0.2) is 89.2 Å². The number of carbonyl (C=O) groups excluding carboxylic acids is 4. The Hall–Kier alpha value is -3.61. The fraction of sp³-hybridized carbons (Fsp3) is 0.684. The molecule has 0 unspecified atom stereocenters. The molecule has 0 aliphatic carbocycles. The van der Waals surface area contributed by atoms with E-state index in [1.54, 1.807) is 20.8 Å². The standard InChI is InChI=1S/C19H27N9O6S/c1-11(29)33-9-12-10-35-17-13(24-18(32)34-19(2,3)4)15(30)28(17)14(12)16(31)27(7-5-22-25-20)8-6-23-26-21/h13,17H,5-10H2,1-4H3,(H,24,32)/t13-,17-/m1/s1. The van der Waals surface area contributed by atoms with E-state index in [2.05, 4.69) is 25.4 Å². The van der Waals surface area contributed by atoms with Crippen molar-refractivity contribution in [3.8, 4) is 0 Å². The van der Waals surface area contributed by atoms with E-state index >= 15 is 0 Å². The summed E-state index contributed by atoms with van der Waals surface area (Å²) in [5.74, 6) is -1.40. The summed E-state index contributed by atoms with van der Waals surface area (Å²) in [4.78, 5) is 58.0. The number of hydrogen-bond donors (Lipinski definition) is 1. The van der Waals surface area contributed by atoms with Gasteiger partial charge in [-0.05, 0) is 31.8 Å². The number of amides is 3. The maximum Gasteiger partial charge on any atom is 0.408 e. The van der Waals surface area contributed by atoms with E-state index in [1.807, 2.05) is 0 Å². The van der Waals surface area contributed by atoms with E-state index in [4.69, 9.17) is 20.5 Å². The fourth-order valence-electron chi connectivity index (χ4n) is 3.30. The van der Waals surface area contributed by atoms with Crippen molar-refractivity contribution in [1.29, 1.82) is 0 Å². The van der Waals surface area contributed by atoms with Crippen molar-refractivity contribution >= 4 is 35.6 Å². The third-order valence-corrected chi connectivity index (χ3v) is 6.06. The zero-order chi connectivity index (χ0) is 26.2. The van der Waals surface area contributed by atoms with Crippen LogP contribution in [0.15, 0.2) is 21.5 Å². The molecular formula is C19H27N9O6S. The number of β-lactam (4-membered cyclic amide) rings is 1. The van der Waals surface area contributed by atoms with Gasteiger partial charge < -0.3 is 19.7 Å². The Morgan fingerprint density at radius 1 is 1.20 bits per heavy atom. The first-order valence-electron chi connectivity index (χ1n) is 10.6. The summed E-state index contributed by atoms with van der Waals surface area (Å²) < 4.78 is 10.3. The lowest BCUT2D eigenvalue weighted by molar-refractivity contribution is -0.147. The number of rotatable bonds is 10. The summed E-state index contributed by atoms with van der Waals surface area (Å²) in [5.41, 5.74) is 16.8. The number of esters is 1. The second-order valence-corrected chi connectivity index (χ2v) is 9.57. The lowest BCUT2D eigenvalue weighted by atomic mass is 10.0. The molecule has 0 bridgehead atoms. The molecule has 2 rings (SSSR count). The molecule has 0 aromatic rings. The zero-order valence-corrected chi connectivity index (χ0v) is 20.6. The molecule has 35 heavy (non-hydrogen) atoms. The van der Waals surface area contributed by atoms with Crippen molar-refractivity contribution in [1.82, 2.24) is 15.1 Å². The van der Waals surface area contributed by atoms with Gasteiger partial charge in [-0.15, -0.1) is 11.8 Å². The summed E-state index contributed by atoms with van der Waals surface area (Å²) in [5, 5.41) is 8.83. The molecule has 16 heteroatoms. The Bertz CT molecular complexity index is 975. The molecule has 2 atom stereocenters. The minimum Gasteiger partial charge on any atom is -0.461 e. The second-order valence-electron chi connectivity index (χ2n) is 8.47. The van der Waals surface area contributed by atoms with Crippen molar-refractivity contribution in [3.05, 3.63) is 32.2 Å². The molecule has 0 aromatic heterocycles. The van der Waals surface area contributed by atoms with Gasteiger partial charge in [-0.1, -0.05) is 10.2 Å².